The van der Waals surface area contributed by atoms with Crippen molar-refractivity contribution in [3.63, 3.8) is 0 Å². The van der Waals surface area contributed by atoms with Crippen LogP contribution in [0, 0.1) is 6.92 Å². The second kappa shape index (κ2) is 7.50. The van der Waals surface area contributed by atoms with E-state index in [-0.39, 0.29) is 47.0 Å². The monoisotopic (exact) mass is 420 g/mol. The molecule has 0 amide bonds. The number of carbonyl (C=O) groups is 4. The van der Waals surface area contributed by atoms with E-state index in [1.807, 2.05) is 0 Å². The van der Waals surface area contributed by atoms with E-state index in [4.69, 9.17) is 14.2 Å². The maximum atomic E-state index is 13.6. The van der Waals surface area contributed by atoms with Gasteiger partial charge in [0.15, 0.2) is 11.5 Å². The number of benzene rings is 2. The first kappa shape index (κ1) is 20.5. The van der Waals surface area contributed by atoms with E-state index in [0.717, 1.165) is 5.56 Å². The van der Waals surface area contributed by atoms with Crippen molar-refractivity contribution in [2.24, 2.45) is 0 Å². The summed E-state index contributed by atoms with van der Waals surface area (Å²) in [4.78, 5) is 53.8. The number of ether oxygens (including phenoxy) is 3. The van der Waals surface area contributed by atoms with E-state index < -0.39 is 28.9 Å². The molecule has 2 aromatic rings. The highest BCUT2D eigenvalue weighted by Crippen LogP contribution is 2.49. The lowest BCUT2D eigenvalue weighted by Gasteiger charge is -2.38. The van der Waals surface area contributed by atoms with Crippen LogP contribution in [0.1, 0.15) is 45.7 Å². The fourth-order valence-corrected chi connectivity index (χ4v) is 4.05. The van der Waals surface area contributed by atoms with Crippen LogP contribution in [0.3, 0.4) is 0 Å². The molecule has 0 aromatic heterocycles. The second-order valence-electron chi connectivity index (χ2n) is 7.20. The summed E-state index contributed by atoms with van der Waals surface area (Å²) in [6.45, 7) is 4.90. The molecule has 158 valence electrons. The summed E-state index contributed by atoms with van der Waals surface area (Å²) < 4.78 is 16.4. The van der Waals surface area contributed by atoms with Crippen molar-refractivity contribution in [2.75, 3.05) is 13.2 Å². The van der Waals surface area contributed by atoms with Crippen LogP contribution >= 0.6 is 0 Å². The van der Waals surface area contributed by atoms with Gasteiger partial charge in [-0.2, -0.15) is 0 Å². The largest absolute Gasteiger partial charge is 0.465 e. The maximum absolute atomic E-state index is 13.6. The number of hydrogen-bond donors (Lipinski definition) is 0. The number of aryl methyl sites for hydroxylation is 1. The maximum Gasteiger partial charge on any atom is 0.333 e. The molecule has 0 spiro atoms. The Balaban J connectivity index is 2.11. The van der Waals surface area contributed by atoms with Gasteiger partial charge in [0.05, 0.1) is 18.8 Å². The van der Waals surface area contributed by atoms with Crippen molar-refractivity contribution in [1.29, 1.82) is 0 Å². The Kier molecular flexibility index (Phi) is 4.97. The molecule has 2 aromatic carbocycles. The van der Waals surface area contributed by atoms with E-state index in [0.29, 0.717) is 0 Å². The standard InChI is InChI=1S/C24H20O7/c1-4-29-22(27)24(23(28)30-5-2)16-11-10-13(3)12-17(16)31-21-18(24)19(25)14-8-6-7-9-15(14)20(21)26/h6-12H,4-5H2,1-3H3. The summed E-state index contributed by atoms with van der Waals surface area (Å²) >= 11 is 0. The molecule has 31 heavy (non-hydrogen) atoms. The molecule has 0 saturated heterocycles. The van der Waals surface area contributed by atoms with Crippen LogP contribution < -0.4 is 4.74 Å². The third-order valence-corrected chi connectivity index (χ3v) is 5.37. The fraction of sp³-hybridized carbons (Fsp3) is 0.250. The van der Waals surface area contributed by atoms with Crippen molar-refractivity contribution >= 4 is 23.5 Å². The van der Waals surface area contributed by atoms with Gasteiger partial charge in [-0.3, -0.25) is 19.2 Å². The van der Waals surface area contributed by atoms with Crippen molar-refractivity contribution in [1.82, 2.24) is 0 Å². The lowest BCUT2D eigenvalue weighted by Crippen LogP contribution is -2.53. The predicted octanol–water partition coefficient (Wildman–Crippen LogP) is 3.08. The molecular formula is C24H20O7. The molecule has 7 nitrogen and oxygen atoms in total. The van der Waals surface area contributed by atoms with E-state index in [2.05, 4.69) is 0 Å². The van der Waals surface area contributed by atoms with E-state index in [1.165, 1.54) is 18.2 Å². The zero-order valence-corrected chi connectivity index (χ0v) is 17.3. The summed E-state index contributed by atoms with van der Waals surface area (Å²) in [5, 5.41) is 0. The number of fused-ring (bicyclic) bond motifs is 2. The van der Waals surface area contributed by atoms with Crippen molar-refractivity contribution in [2.45, 2.75) is 26.2 Å². The van der Waals surface area contributed by atoms with Crippen LogP contribution in [0.25, 0.3) is 0 Å². The molecule has 1 heterocycles. The summed E-state index contributed by atoms with van der Waals surface area (Å²) in [6.07, 6.45) is 0. The summed E-state index contributed by atoms with van der Waals surface area (Å²) in [7, 11) is 0. The van der Waals surface area contributed by atoms with Crippen LogP contribution in [0.5, 0.6) is 5.75 Å². The Morgan fingerprint density at radius 1 is 0.903 bits per heavy atom. The Bertz CT molecular complexity index is 1150. The van der Waals surface area contributed by atoms with Gasteiger partial charge in [0.25, 0.3) is 0 Å². The molecule has 0 saturated carbocycles. The highest BCUT2D eigenvalue weighted by atomic mass is 16.6. The van der Waals surface area contributed by atoms with E-state index >= 15 is 0 Å². The SMILES string of the molecule is CCOC(=O)C1(C(=O)OCC)C2=C(Oc3cc(C)ccc31)C(=O)c1ccccc1C2=O. The first-order valence-electron chi connectivity index (χ1n) is 9.94. The van der Waals surface area contributed by atoms with E-state index in [9.17, 15) is 19.2 Å². The summed E-state index contributed by atoms with van der Waals surface area (Å²) in [5.74, 6) is -3.46. The van der Waals surface area contributed by atoms with Gasteiger partial charge in [-0.15, -0.1) is 0 Å². The lowest BCUT2D eigenvalue weighted by atomic mass is 9.66. The number of rotatable bonds is 4. The molecule has 2 aliphatic rings. The lowest BCUT2D eigenvalue weighted by molar-refractivity contribution is -0.162. The topological polar surface area (TPSA) is 96.0 Å². The van der Waals surface area contributed by atoms with Crippen LogP contribution in [0.4, 0.5) is 0 Å². The van der Waals surface area contributed by atoms with Crippen molar-refractivity contribution < 1.29 is 33.4 Å². The number of Topliss-reactive ketones (excluding diaryl/α,β-unsaturated/α-hetero) is 2. The molecule has 0 atom stereocenters. The molecule has 0 fully saturated rings. The summed E-state index contributed by atoms with van der Waals surface area (Å²) in [6, 6.07) is 11.0. The number of allylic oxidation sites excluding steroid dienone is 1. The van der Waals surface area contributed by atoms with Gasteiger partial charge in [0.2, 0.25) is 11.2 Å². The molecule has 1 aliphatic carbocycles. The third kappa shape index (κ3) is 2.80. The first-order chi connectivity index (χ1) is 14.9. The molecule has 1 aliphatic heterocycles. The average molecular weight is 420 g/mol. The number of carbonyl (C=O) groups excluding carboxylic acids is 4. The van der Waals surface area contributed by atoms with Crippen molar-refractivity contribution in [3.8, 4) is 5.75 Å². The highest BCUT2D eigenvalue weighted by Gasteiger charge is 2.62. The second-order valence-corrected chi connectivity index (χ2v) is 7.20. The van der Waals surface area contributed by atoms with Crippen LogP contribution in [-0.2, 0) is 24.5 Å². The zero-order chi connectivity index (χ0) is 22.3. The minimum Gasteiger partial charge on any atom is -0.465 e. The predicted molar refractivity (Wildman–Crippen MR) is 109 cm³/mol. The molecule has 0 unspecified atom stereocenters. The van der Waals surface area contributed by atoms with Gasteiger partial charge in [-0.25, -0.2) is 0 Å². The van der Waals surface area contributed by atoms with Gasteiger partial charge in [0.1, 0.15) is 5.75 Å². The molecule has 0 bridgehead atoms. The molecule has 7 heteroatoms. The molecule has 0 N–H and O–H groups in total. The smallest absolute Gasteiger partial charge is 0.333 e. The van der Waals surface area contributed by atoms with Gasteiger partial charge in [-0.1, -0.05) is 36.4 Å². The van der Waals surface area contributed by atoms with Gasteiger partial charge < -0.3 is 14.2 Å². The number of ketones is 2. The van der Waals surface area contributed by atoms with Crippen LogP contribution in [-0.4, -0.2) is 36.7 Å². The van der Waals surface area contributed by atoms with Gasteiger partial charge >= 0.3 is 11.9 Å². The van der Waals surface area contributed by atoms with E-state index in [1.54, 1.807) is 45.0 Å². The van der Waals surface area contributed by atoms with Gasteiger partial charge in [0, 0.05) is 16.7 Å². The Morgan fingerprint density at radius 3 is 2.06 bits per heavy atom. The average Bonchev–Trinajstić information content (AvgIpc) is 2.76. The highest BCUT2D eigenvalue weighted by molar-refractivity contribution is 6.32. The minimum absolute atomic E-state index is 0.0383. The molecule has 0 radical (unpaired) electrons. The number of hydrogen-bond acceptors (Lipinski definition) is 7. The van der Waals surface area contributed by atoms with Crippen molar-refractivity contribution in [3.05, 3.63) is 76.1 Å². The minimum atomic E-state index is -2.27. The van der Waals surface area contributed by atoms with Gasteiger partial charge in [-0.05, 0) is 32.4 Å². The third-order valence-electron chi connectivity index (χ3n) is 5.37. The zero-order valence-electron chi connectivity index (χ0n) is 17.3. The fourth-order valence-electron chi connectivity index (χ4n) is 4.05. The molecular weight excluding hydrogens is 400 g/mol. The Morgan fingerprint density at radius 2 is 1.48 bits per heavy atom. The normalized spacial score (nSPS) is 16.0. The van der Waals surface area contributed by atoms with Crippen LogP contribution in [0.15, 0.2) is 53.8 Å². The quantitative estimate of drug-likeness (QED) is 0.554. The first-order valence-corrected chi connectivity index (χ1v) is 9.94. The number of esters is 2. The van der Waals surface area contributed by atoms with Crippen LogP contribution in [0.2, 0.25) is 0 Å². The molecule has 4 rings (SSSR count). The Labute approximate surface area is 178 Å². The Hall–Kier alpha value is -3.74. The summed E-state index contributed by atoms with van der Waals surface area (Å²) in [5.41, 5.74) is -1.53.